The third-order valence-electron chi connectivity index (χ3n) is 2.12. The van der Waals surface area contributed by atoms with Gasteiger partial charge in [0, 0.05) is 4.88 Å². The molecule has 2 aromatic rings. The molecule has 1 unspecified atom stereocenters. The quantitative estimate of drug-likeness (QED) is 0.854. The Morgan fingerprint density at radius 3 is 2.89 bits per heavy atom. The van der Waals surface area contributed by atoms with Crippen molar-refractivity contribution >= 4 is 46.3 Å². The Labute approximate surface area is 117 Å². The van der Waals surface area contributed by atoms with Crippen molar-refractivity contribution in [2.24, 2.45) is 5.73 Å². The summed E-state index contributed by atoms with van der Waals surface area (Å²) in [4.78, 5) is 20.2. The number of nitrogens with two attached hydrogens (primary N) is 1. The molecule has 2 rings (SSSR count). The molecule has 0 aliphatic rings. The molecular weight excluding hydrogens is 295 g/mol. The van der Waals surface area contributed by atoms with E-state index in [0.29, 0.717) is 0 Å². The van der Waals surface area contributed by atoms with Crippen LogP contribution in [0.4, 0.5) is 5.82 Å². The minimum Gasteiger partial charge on any atom is -0.316 e. The fraction of sp³-hybridized carbons (Fsp3) is 0.100. The van der Waals surface area contributed by atoms with Crippen LogP contribution in [0.3, 0.4) is 0 Å². The summed E-state index contributed by atoms with van der Waals surface area (Å²) in [6.07, 6.45) is 1.21. The number of hydrogen-bond donors (Lipinski definition) is 2. The van der Waals surface area contributed by atoms with Gasteiger partial charge in [-0.05, 0) is 11.4 Å². The molecule has 94 valence electrons. The molecule has 2 aromatic heterocycles. The Balaban J connectivity index is 2.14. The molecule has 0 aromatic carbocycles. The van der Waals surface area contributed by atoms with E-state index in [9.17, 15) is 4.79 Å². The van der Waals surface area contributed by atoms with Crippen LogP contribution < -0.4 is 11.1 Å². The lowest BCUT2D eigenvalue weighted by molar-refractivity contribution is -0.117. The number of thiophene rings is 1. The average Bonchev–Trinajstić information content (AvgIpc) is 2.87. The Morgan fingerprint density at radius 1 is 1.44 bits per heavy atom. The van der Waals surface area contributed by atoms with E-state index in [4.69, 9.17) is 28.9 Å². The van der Waals surface area contributed by atoms with Gasteiger partial charge < -0.3 is 11.1 Å². The molecule has 3 N–H and O–H groups in total. The number of aromatic nitrogens is 2. The highest BCUT2D eigenvalue weighted by Crippen LogP contribution is 2.26. The zero-order valence-electron chi connectivity index (χ0n) is 8.93. The number of nitrogens with zero attached hydrogens (tertiary/aromatic N) is 2. The summed E-state index contributed by atoms with van der Waals surface area (Å²) in [5, 5.41) is 4.52. The lowest BCUT2D eigenvalue weighted by Gasteiger charge is -2.11. The standard InChI is InChI=1S/C10H8Cl2N4OS/c11-6-8(12)14-4-15-9(6)16-10(17)7(13)5-2-1-3-18-5/h1-4,7H,13H2,(H,14,15,16,17). The van der Waals surface area contributed by atoms with Gasteiger partial charge in [-0.15, -0.1) is 11.3 Å². The SMILES string of the molecule is NC(C(=O)Nc1ncnc(Cl)c1Cl)c1cccs1. The van der Waals surface area contributed by atoms with Gasteiger partial charge in [-0.25, -0.2) is 9.97 Å². The molecule has 0 aliphatic carbocycles. The van der Waals surface area contributed by atoms with E-state index in [2.05, 4.69) is 15.3 Å². The van der Waals surface area contributed by atoms with Gasteiger partial charge in [0.25, 0.3) is 0 Å². The number of carbonyl (C=O) groups excluding carboxylic acids is 1. The minimum absolute atomic E-state index is 0.0756. The van der Waals surface area contributed by atoms with Crippen LogP contribution in [-0.4, -0.2) is 15.9 Å². The number of hydrogen-bond acceptors (Lipinski definition) is 5. The van der Waals surface area contributed by atoms with Crippen LogP contribution in [0.5, 0.6) is 0 Å². The first-order valence-corrected chi connectivity index (χ1v) is 6.49. The fourth-order valence-corrected chi connectivity index (χ4v) is 2.23. The predicted molar refractivity (Wildman–Crippen MR) is 71.9 cm³/mol. The van der Waals surface area contributed by atoms with Crippen molar-refractivity contribution in [3.05, 3.63) is 38.9 Å². The van der Waals surface area contributed by atoms with Gasteiger partial charge >= 0.3 is 0 Å². The van der Waals surface area contributed by atoms with Gasteiger partial charge in [-0.3, -0.25) is 4.79 Å². The summed E-state index contributed by atoms with van der Waals surface area (Å²) in [5.41, 5.74) is 5.80. The Kier molecular flexibility index (Phi) is 4.13. The van der Waals surface area contributed by atoms with Crippen LogP contribution in [0.1, 0.15) is 10.9 Å². The molecule has 0 aliphatic heterocycles. The summed E-state index contributed by atoms with van der Waals surface area (Å²) in [6.45, 7) is 0. The van der Waals surface area contributed by atoms with Crippen molar-refractivity contribution in [1.29, 1.82) is 0 Å². The van der Waals surface area contributed by atoms with Crippen LogP contribution in [0.15, 0.2) is 23.8 Å². The molecule has 0 bridgehead atoms. The zero-order valence-corrected chi connectivity index (χ0v) is 11.3. The lowest BCUT2D eigenvalue weighted by atomic mass is 10.2. The molecule has 0 radical (unpaired) electrons. The highest BCUT2D eigenvalue weighted by molar-refractivity contribution is 7.10. The predicted octanol–water partition coefficient (Wildman–Crippen LogP) is 2.48. The van der Waals surface area contributed by atoms with Crippen molar-refractivity contribution < 1.29 is 4.79 Å². The normalized spacial score (nSPS) is 12.2. The smallest absolute Gasteiger partial charge is 0.247 e. The Morgan fingerprint density at radius 2 is 2.22 bits per heavy atom. The van der Waals surface area contributed by atoms with E-state index in [1.165, 1.54) is 17.7 Å². The van der Waals surface area contributed by atoms with Crippen molar-refractivity contribution in [2.75, 3.05) is 5.32 Å². The topological polar surface area (TPSA) is 80.9 Å². The van der Waals surface area contributed by atoms with E-state index in [0.717, 1.165) is 4.88 Å². The number of nitrogens with one attached hydrogen (secondary N) is 1. The molecule has 1 atom stereocenters. The number of carbonyl (C=O) groups is 1. The molecule has 0 spiro atoms. The minimum atomic E-state index is -0.769. The molecule has 0 saturated heterocycles. The molecule has 5 nitrogen and oxygen atoms in total. The maximum Gasteiger partial charge on any atom is 0.247 e. The van der Waals surface area contributed by atoms with Gasteiger partial charge in [0.05, 0.1) is 0 Å². The van der Waals surface area contributed by atoms with Crippen molar-refractivity contribution in [3.63, 3.8) is 0 Å². The van der Waals surface area contributed by atoms with E-state index < -0.39 is 11.9 Å². The van der Waals surface area contributed by atoms with E-state index >= 15 is 0 Å². The first-order valence-electron chi connectivity index (χ1n) is 4.85. The largest absolute Gasteiger partial charge is 0.316 e. The summed E-state index contributed by atoms with van der Waals surface area (Å²) in [5.74, 6) is -0.261. The molecule has 0 fully saturated rings. The number of anilines is 1. The Bertz CT molecular complexity index is 561. The number of amides is 1. The molecule has 8 heteroatoms. The van der Waals surface area contributed by atoms with Gasteiger partial charge in [0.15, 0.2) is 11.0 Å². The second-order valence-electron chi connectivity index (χ2n) is 3.31. The van der Waals surface area contributed by atoms with Crippen molar-refractivity contribution in [3.8, 4) is 0 Å². The van der Waals surface area contributed by atoms with Gasteiger partial charge in [-0.2, -0.15) is 0 Å². The summed E-state index contributed by atoms with van der Waals surface area (Å²) in [6, 6.07) is 2.83. The van der Waals surface area contributed by atoms with Crippen LogP contribution in [-0.2, 0) is 4.79 Å². The van der Waals surface area contributed by atoms with Crippen LogP contribution >= 0.6 is 34.5 Å². The molecule has 1 amide bonds. The second-order valence-corrected chi connectivity index (χ2v) is 5.02. The lowest BCUT2D eigenvalue weighted by Crippen LogP contribution is -2.27. The number of halogens is 2. The molecule has 0 saturated carbocycles. The monoisotopic (exact) mass is 302 g/mol. The van der Waals surface area contributed by atoms with Crippen molar-refractivity contribution in [1.82, 2.24) is 9.97 Å². The van der Waals surface area contributed by atoms with Crippen LogP contribution in [0.2, 0.25) is 10.2 Å². The maximum absolute atomic E-state index is 11.9. The van der Waals surface area contributed by atoms with E-state index in [-0.39, 0.29) is 16.0 Å². The molecule has 2 heterocycles. The van der Waals surface area contributed by atoms with Crippen LogP contribution in [0.25, 0.3) is 0 Å². The maximum atomic E-state index is 11.9. The van der Waals surface area contributed by atoms with Crippen molar-refractivity contribution in [2.45, 2.75) is 6.04 Å². The first-order chi connectivity index (χ1) is 8.59. The highest BCUT2D eigenvalue weighted by atomic mass is 35.5. The Hall–Kier alpha value is -1.21. The fourth-order valence-electron chi connectivity index (χ4n) is 1.23. The first kappa shape index (κ1) is 13.2. The van der Waals surface area contributed by atoms with E-state index in [1.807, 2.05) is 11.4 Å². The zero-order chi connectivity index (χ0) is 13.1. The number of rotatable bonds is 3. The highest BCUT2D eigenvalue weighted by Gasteiger charge is 2.19. The average molecular weight is 303 g/mol. The van der Waals surface area contributed by atoms with Gasteiger partial charge in [0.2, 0.25) is 5.91 Å². The molecular formula is C10H8Cl2N4OS. The van der Waals surface area contributed by atoms with Crippen LogP contribution in [0, 0.1) is 0 Å². The third-order valence-corrected chi connectivity index (χ3v) is 3.82. The van der Waals surface area contributed by atoms with Gasteiger partial charge in [-0.1, -0.05) is 29.3 Å². The third kappa shape index (κ3) is 2.78. The second kappa shape index (κ2) is 5.62. The van der Waals surface area contributed by atoms with Gasteiger partial charge in [0.1, 0.15) is 17.4 Å². The summed E-state index contributed by atoms with van der Waals surface area (Å²) >= 11 is 13.0. The van der Waals surface area contributed by atoms with E-state index in [1.54, 1.807) is 6.07 Å². The summed E-state index contributed by atoms with van der Waals surface area (Å²) in [7, 11) is 0. The molecule has 18 heavy (non-hydrogen) atoms. The summed E-state index contributed by atoms with van der Waals surface area (Å²) < 4.78 is 0.